The predicted molar refractivity (Wildman–Crippen MR) is 96.4 cm³/mol. The molecule has 2 heterocycles. The molecule has 0 spiro atoms. The molecule has 1 atom stereocenters. The lowest BCUT2D eigenvalue weighted by Gasteiger charge is -2.06. The number of esters is 1. The van der Waals surface area contributed by atoms with Gasteiger partial charge in [0.15, 0.2) is 12.4 Å². The second kappa shape index (κ2) is 6.15. The average Bonchev–Trinajstić information content (AvgIpc) is 3.21. The summed E-state index contributed by atoms with van der Waals surface area (Å²) in [5.74, 6) is -1.25. The number of anilines is 1. The number of hydrogen-bond acceptors (Lipinski definition) is 4. The fraction of sp³-hybridized carbons (Fsp3) is 0.150. The summed E-state index contributed by atoms with van der Waals surface area (Å²) in [5, 5.41) is 3.51. The lowest BCUT2D eigenvalue weighted by molar-refractivity contribution is -0.116. The van der Waals surface area contributed by atoms with Gasteiger partial charge < -0.3 is 15.0 Å². The second-order valence-electron chi connectivity index (χ2n) is 6.26. The van der Waals surface area contributed by atoms with E-state index in [1.165, 1.54) is 0 Å². The third-order valence-corrected chi connectivity index (χ3v) is 4.63. The quantitative estimate of drug-likeness (QED) is 0.559. The first kappa shape index (κ1) is 16.1. The minimum Gasteiger partial charge on any atom is -0.454 e. The van der Waals surface area contributed by atoms with E-state index in [0.717, 1.165) is 22.2 Å². The monoisotopic (exact) mass is 348 g/mol. The van der Waals surface area contributed by atoms with E-state index >= 15 is 0 Å². The van der Waals surface area contributed by atoms with Crippen molar-refractivity contribution in [1.29, 1.82) is 0 Å². The number of ether oxygens (including phenoxy) is 1. The lowest BCUT2D eigenvalue weighted by atomic mass is 9.99. The number of nitrogens with one attached hydrogen (secondary N) is 2. The topological polar surface area (TPSA) is 88.3 Å². The van der Waals surface area contributed by atoms with E-state index in [0.29, 0.717) is 11.1 Å². The molecule has 130 valence electrons. The minimum atomic E-state index is -0.554. The maximum absolute atomic E-state index is 12.4. The maximum Gasteiger partial charge on any atom is 0.340 e. The Labute approximate surface area is 149 Å². The van der Waals surface area contributed by atoms with Gasteiger partial charge in [0.2, 0.25) is 5.91 Å². The van der Waals surface area contributed by atoms with Gasteiger partial charge >= 0.3 is 5.97 Å². The number of benzene rings is 2. The molecule has 3 aromatic rings. The van der Waals surface area contributed by atoms with Gasteiger partial charge in [0.25, 0.3) is 0 Å². The number of carbonyl (C=O) groups excluding carboxylic acids is 3. The summed E-state index contributed by atoms with van der Waals surface area (Å²) in [6.07, 6.45) is 1.58. The number of aromatic amines is 1. The zero-order chi connectivity index (χ0) is 18.3. The number of H-pyrrole nitrogens is 1. The molecule has 6 heteroatoms. The molecule has 0 aliphatic carbocycles. The van der Waals surface area contributed by atoms with Crippen molar-refractivity contribution >= 4 is 34.3 Å². The molecule has 1 aliphatic heterocycles. The fourth-order valence-corrected chi connectivity index (χ4v) is 3.12. The third-order valence-electron chi connectivity index (χ3n) is 4.63. The first-order valence-electron chi connectivity index (χ1n) is 8.26. The van der Waals surface area contributed by atoms with Gasteiger partial charge in [-0.25, -0.2) is 4.79 Å². The van der Waals surface area contributed by atoms with Crippen LogP contribution in [-0.2, 0) is 9.53 Å². The summed E-state index contributed by atoms with van der Waals surface area (Å²) < 4.78 is 5.19. The van der Waals surface area contributed by atoms with E-state index in [4.69, 9.17) is 4.74 Å². The number of Topliss-reactive ketones (excluding diaryl/α,β-unsaturated/α-hetero) is 1. The van der Waals surface area contributed by atoms with Crippen LogP contribution < -0.4 is 5.32 Å². The van der Waals surface area contributed by atoms with E-state index < -0.39 is 5.97 Å². The molecule has 1 aromatic heterocycles. The van der Waals surface area contributed by atoms with Crippen LogP contribution >= 0.6 is 0 Å². The third kappa shape index (κ3) is 2.65. The average molecular weight is 348 g/mol. The van der Waals surface area contributed by atoms with Gasteiger partial charge in [0.1, 0.15) is 0 Å². The van der Waals surface area contributed by atoms with Gasteiger partial charge in [-0.2, -0.15) is 0 Å². The Balaban J connectivity index is 1.48. The Kier molecular flexibility index (Phi) is 3.80. The molecule has 0 unspecified atom stereocenters. The Bertz CT molecular complexity index is 1050. The molecule has 0 saturated carbocycles. The smallest absolute Gasteiger partial charge is 0.340 e. The molecule has 0 saturated heterocycles. The number of rotatable bonds is 4. The van der Waals surface area contributed by atoms with Crippen molar-refractivity contribution in [3.63, 3.8) is 0 Å². The van der Waals surface area contributed by atoms with Crippen LogP contribution in [0.2, 0.25) is 0 Å². The van der Waals surface area contributed by atoms with Gasteiger partial charge in [-0.3, -0.25) is 9.59 Å². The number of aromatic nitrogens is 1. The van der Waals surface area contributed by atoms with Gasteiger partial charge in [0, 0.05) is 28.4 Å². The highest BCUT2D eigenvalue weighted by atomic mass is 16.5. The van der Waals surface area contributed by atoms with Gasteiger partial charge in [0.05, 0.1) is 11.5 Å². The Morgan fingerprint density at radius 2 is 1.96 bits per heavy atom. The SMILES string of the molecule is C[C@@H]1C(=O)Nc2ccc(C(=O)COC(=O)c3c[nH]c4ccccc34)cc21. The molecule has 2 N–H and O–H groups in total. The van der Waals surface area contributed by atoms with Crippen LogP contribution in [0.25, 0.3) is 10.9 Å². The van der Waals surface area contributed by atoms with Crippen LogP contribution in [0.5, 0.6) is 0 Å². The Morgan fingerprint density at radius 1 is 1.15 bits per heavy atom. The van der Waals surface area contributed by atoms with Crippen molar-refractivity contribution < 1.29 is 19.1 Å². The molecular weight excluding hydrogens is 332 g/mol. The summed E-state index contributed by atoms with van der Waals surface area (Å²) in [5.41, 5.74) is 3.14. The van der Waals surface area contributed by atoms with Crippen LogP contribution in [0.3, 0.4) is 0 Å². The fourth-order valence-electron chi connectivity index (χ4n) is 3.12. The maximum atomic E-state index is 12.4. The number of ketones is 1. The number of para-hydroxylation sites is 1. The van der Waals surface area contributed by atoms with Crippen LogP contribution in [0, 0.1) is 0 Å². The Hall–Kier alpha value is -3.41. The molecule has 1 amide bonds. The van der Waals surface area contributed by atoms with Gasteiger partial charge in [-0.15, -0.1) is 0 Å². The number of hydrogen-bond donors (Lipinski definition) is 2. The Morgan fingerprint density at radius 3 is 2.81 bits per heavy atom. The van der Waals surface area contributed by atoms with Gasteiger partial charge in [-0.1, -0.05) is 18.2 Å². The van der Waals surface area contributed by atoms with E-state index in [9.17, 15) is 14.4 Å². The molecule has 0 radical (unpaired) electrons. The second-order valence-corrected chi connectivity index (χ2v) is 6.26. The minimum absolute atomic E-state index is 0.0876. The summed E-state index contributed by atoms with van der Waals surface area (Å²) in [6, 6.07) is 12.4. The molecule has 2 aromatic carbocycles. The van der Waals surface area contributed by atoms with Crippen LogP contribution in [0.1, 0.15) is 39.1 Å². The van der Waals surface area contributed by atoms with Crippen molar-refractivity contribution in [2.24, 2.45) is 0 Å². The molecule has 26 heavy (non-hydrogen) atoms. The zero-order valence-corrected chi connectivity index (χ0v) is 14.0. The van der Waals surface area contributed by atoms with Crippen LogP contribution in [-0.4, -0.2) is 29.3 Å². The summed E-state index contributed by atoms with van der Waals surface area (Å²) in [6.45, 7) is 1.43. The highest BCUT2D eigenvalue weighted by molar-refractivity contribution is 6.07. The molecule has 6 nitrogen and oxygen atoms in total. The first-order valence-corrected chi connectivity index (χ1v) is 8.26. The number of fused-ring (bicyclic) bond motifs is 2. The van der Waals surface area contributed by atoms with Crippen molar-refractivity contribution in [3.05, 3.63) is 65.4 Å². The van der Waals surface area contributed by atoms with E-state index in [1.54, 1.807) is 31.3 Å². The summed E-state index contributed by atoms with van der Waals surface area (Å²) in [4.78, 5) is 39.4. The van der Waals surface area contributed by atoms with Crippen molar-refractivity contribution in [2.45, 2.75) is 12.8 Å². The zero-order valence-electron chi connectivity index (χ0n) is 14.0. The summed E-state index contributed by atoms with van der Waals surface area (Å²) >= 11 is 0. The molecular formula is C20H16N2O4. The number of amides is 1. The first-order chi connectivity index (χ1) is 12.5. The number of carbonyl (C=O) groups is 3. The standard InChI is InChI=1S/C20H16N2O4/c1-11-14-8-12(6-7-17(14)22-19(11)24)18(23)10-26-20(25)15-9-21-16-5-3-2-4-13(15)16/h2-9,11,21H,10H2,1H3,(H,22,24)/t11-/m0/s1. The molecule has 4 rings (SSSR count). The van der Waals surface area contributed by atoms with Crippen LogP contribution in [0.4, 0.5) is 5.69 Å². The molecule has 1 aliphatic rings. The van der Waals surface area contributed by atoms with Gasteiger partial charge in [-0.05, 0) is 36.8 Å². The van der Waals surface area contributed by atoms with E-state index in [-0.39, 0.29) is 24.2 Å². The largest absolute Gasteiger partial charge is 0.454 e. The van der Waals surface area contributed by atoms with Crippen molar-refractivity contribution in [1.82, 2.24) is 4.98 Å². The molecule has 0 bridgehead atoms. The van der Waals surface area contributed by atoms with Crippen molar-refractivity contribution in [2.75, 3.05) is 11.9 Å². The molecule has 0 fully saturated rings. The van der Waals surface area contributed by atoms with E-state index in [1.807, 2.05) is 24.3 Å². The highest BCUT2D eigenvalue weighted by Crippen LogP contribution is 2.32. The van der Waals surface area contributed by atoms with E-state index in [2.05, 4.69) is 10.3 Å². The normalized spacial score (nSPS) is 15.6. The van der Waals surface area contributed by atoms with Crippen molar-refractivity contribution in [3.8, 4) is 0 Å². The predicted octanol–water partition coefficient (Wildman–Crippen LogP) is 3.26. The lowest BCUT2D eigenvalue weighted by Crippen LogP contribution is -2.14. The van der Waals surface area contributed by atoms with Crippen LogP contribution in [0.15, 0.2) is 48.7 Å². The summed E-state index contributed by atoms with van der Waals surface area (Å²) in [7, 11) is 0. The highest BCUT2D eigenvalue weighted by Gasteiger charge is 2.27.